The minimum absolute atomic E-state index is 0.140. The molecule has 0 unspecified atom stereocenters. The van der Waals surface area contributed by atoms with Crippen LogP contribution in [0.3, 0.4) is 0 Å². The topological polar surface area (TPSA) is 66.4 Å². The minimum atomic E-state index is 0.140. The summed E-state index contributed by atoms with van der Waals surface area (Å²) in [5.74, 6) is 0.608. The number of nitrogens with zero attached hydrogens (tertiary/aromatic N) is 1. The van der Waals surface area contributed by atoms with Gasteiger partial charge in [0.15, 0.2) is 16.6 Å². The quantitative estimate of drug-likeness (QED) is 0.155. The van der Waals surface area contributed by atoms with Gasteiger partial charge in [0.1, 0.15) is 0 Å². The lowest BCUT2D eigenvalue weighted by atomic mass is 9.87. The van der Waals surface area contributed by atoms with Crippen molar-refractivity contribution >= 4 is 26.7 Å². The Morgan fingerprint density at radius 2 is 1.84 bits per heavy atom. The number of hydrogen-bond acceptors (Lipinski definition) is 6. The summed E-state index contributed by atoms with van der Waals surface area (Å²) in [6.45, 7) is 12.5. The van der Waals surface area contributed by atoms with Gasteiger partial charge in [-0.05, 0) is 53.6 Å². The first kappa shape index (κ1) is 25.3. The first-order valence-corrected chi connectivity index (χ1v) is 11.3. The van der Waals surface area contributed by atoms with Crippen LogP contribution in [0.25, 0.3) is 21.3 Å². The van der Waals surface area contributed by atoms with Gasteiger partial charge in [-0.3, -0.25) is 5.32 Å². The number of fused-ring (bicyclic) bond motifs is 1. The van der Waals surface area contributed by atoms with Crippen molar-refractivity contribution in [1.29, 1.82) is 0 Å². The van der Waals surface area contributed by atoms with Crippen LogP contribution in [0.4, 0.5) is 5.13 Å². The van der Waals surface area contributed by atoms with Crippen molar-refractivity contribution in [3.63, 3.8) is 0 Å². The highest BCUT2D eigenvalue weighted by molar-refractivity contribution is 7.22. The number of methoxy groups -OCH3 is 1. The fraction of sp³-hybridized carbons (Fsp3) is 0.346. The van der Waals surface area contributed by atoms with Crippen molar-refractivity contribution in [3.05, 3.63) is 48.6 Å². The molecule has 3 rings (SSSR count). The Kier molecular flexibility index (Phi) is 9.13. The third kappa shape index (κ3) is 7.30. The molecule has 0 amide bonds. The fourth-order valence-electron chi connectivity index (χ4n) is 3.37. The molecule has 3 N–H and O–H groups in total. The van der Waals surface area contributed by atoms with Gasteiger partial charge in [0.2, 0.25) is 0 Å². The van der Waals surface area contributed by atoms with E-state index >= 15 is 0 Å². The predicted octanol–water partition coefficient (Wildman–Crippen LogP) is 6.27. The Morgan fingerprint density at radius 3 is 2.53 bits per heavy atom. The van der Waals surface area contributed by atoms with Gasteiger partial charge in [-0.2, -0.15) is 0 Å². The van der Waals surface area contributed by atoms with Crippen molar-refractivity contribution in [1.82, 2.24) is 10.3 Å². The molecule has 1 heterocycles. The van der Waals surface area contributed by atoms with Gasteiger partial charge in [-0.25, -0.2) is 4.98 Å². The molecule has 2 aromatic carbocycles. The first-order valence-electron chi connectivity index (χ1n) is 10.5. The molecule has 0 aliphatic heterocycles. The highest BCUT2D eigenvalue weighted by Gasteiger charge is 2.11. The minimum Gasteiger partial charge on any atom is -0.504 e. The summed E-state index contributed by atoms with van der Waals surface area (Å²) in [6, 6.07) is 11.6. The van der Waals surface area contributed by atoms with Gasteiger partial charge >= 0.3 is 0 Å². The fourth-order valence-corrected chi connectivity index (χ4v) is 4.27. The number of rotatable bonds is 9. The van der Waals surface area contributed by atoms with Crippen molar-refractivity contribution in [2.75, 3.05) is 25.6 Å². The number of nitrogens with one attached hydrogen (secondary N) is 2. The Morgan fingerprint density at radius 1 is 1.16 bits per heavy atom. The van der Waals surface area contributed by atoms with E-state index in [0.717, 1.165) is 45.9 Å². The molecule has 5 nitrogen and oxygen atoms in total. The van der Waals surface area contributed by atoms with E-state index in [4.69, 9.17) is 4.74 Å². The van der Waals surface area contributed by atoms with Crippen LogP contribution >= 0.6 is 11.3 Å². The molecule has 0 aliphatic carbocycles. The maximum atomic E-state index is 9.81. The summed E-state index contributed by atoms with van der Waals surface area (Å²) in [6.07, 6.45) is 10.0. The molecule has 0 atom stereocenters. The number of benzene rings is 2. The van der Waals surface area contributed by atoms with E-state index in [2.05, 4.69) is 61.9 Å². The SMILES string of the molecule is C#C.C=C(CCNCNc1nc2ccc(-c3ccc(O)c(OC)c3)cc2s1)CC(C)(C)C. The van der Waals surface area contributed by atoms with Crippen LogP contribution < -0.4 is 15.4 Å². The molecular weight excluding hydrogens is 418 g/mol. The van der Waals surface area contributed by atoms with Crippen molar-refractivity contribution in [3.8, 4) is 35.5 Å². The van der Waals surface area contributed by atoms with Gasteiger partial charge in [-0.15, -0.1) is 12.8 Å². The van der Waals surface area contributed by atoms with Crippen molar-refractivity contribution in [2.24, 2.45) is 5.41 Å². The lowest BCUT2D eigenvalue weighted by Crippen LogP contribution is -2.23. The normalized spacial score (nSPS) is 10.9. The van der Waals surface area contributed by atoms with Gasteiger partial charge in [0, 0.05) is 6.54 Å². The Labute approximate surface area is 195 Å². The third-order valence-electron chi connectivity index (χ3n) is 4.70. The Balaban J connectivity index is 0.00000176. The van der Waals surface area contributed by atoms with E-state index in [1.807, 2.05) is 24.3 Å². The molecule has 0 bridgehead atoms. The van der Waals surface area contributed by atoms with Crippen LogP contribution in [0, 0.1) is 18.3 Å². The second-order valence-corrected chi connectivity index (χ2v) is 9.71. The number of aromatic nitrogens is 1. The number of anilines is 1. The maximum Gasteiger partial charge on any atom is 0.184 e. The van der Waals surface area contributed by atoms with Crippen LogP contribution in [0.5, 0.6) is 11.5 Å². The molecule has 0 saturated carbocycles. The van der Waals surface area contributed by atoms with E-state index < -0.39 is 0 Å². The summed E-state index contributed by atoms with van der Waals surface area (Å²) in [5.41, 5.74) is 4.60. The summed E-state index contributed by atoms with van der Waals surface area (Å²) < 4.78 is 6.33. The van der Waals surface area contributed by atoms with Crippen LogP contribution in [0.15, 0.2) is 48.6 Å². The number of phenolic OH excluding ortho intramolecular Hbond substituents is 1. The smallest absolute Gasteiger partial charge is 0.184 e. The van der Waals surface area contributed by atoms with E-state index in [1.54, 1.807) is 24.5 Å². The molecule has 3 aromatic rings. The largest absolute Gasteiger partial charge is 0.504 e. The zero-order chi connectivity index (χ0) is 23.7. The molecule has 0 fully saturated rings. The highest BCUT2D eigenvalue weighted by Crippen LogP contribution is 2.34. The van der Waals surface area contributed by atoms with E-state index in [0.29, 0.717) is 17.8 Å². The maximum absolute atomic E-state index is 9.81. The average Bonchev–Trinajstić information content (AvgIpc) is 3.16. The predicted molar refractivity (Wildman–Crippen MR) is 137 cm³/mol. The van der Waals surface area contributed by atoms with E-state index in [9.17, 15) is 5.11 Å². The third-order valence-corrected chi connectivity index (χ3v) is 5.68. The van der Waals surface area contributed by atoms with Crippen molar-refractivity contribution < 1.29 is 9.84 Å². The summed E-state index contributed by atoms with van der Waals surface area (Å²) >= 11 is 1.63. The van der Waals surface area contributed by atoms with E-state index in [-0.39, 0.29) is 5.75 Å². The second-order valence-electron chi connectivity index (χ2n) is 8.68. The Hall–Kier alpha value is -3.01. The van der Waals surface area contributed by atoms with Crippen LogP contribution in [-0.2, 0) is 0 Å². The Bertz CT molecular complexity index is 1060. The first-order chi connectivity index (χ1) is 15.2. The second kappa shape index (κ2) is 11.6. The van der Waals surface area contributed by atoms with E-state index in [1.165, 1.54) is 5.57 Å². The number of ether oxygens (including phenoxy) is 1. The van der Waals surface area contributed by atoms with Crippen LogP contribution in [0.2, 0.25) is 0 Å². The summed E-state index contributed by atoms with van der Waals surface area (Å²) in [5, 5.41) is 17.5. The summed E-state index contributed by atoms with van der Waals surface area (Å²) in [4.78, 5) is 4.66. The van der Waals surface area contributed by atoms with Crippen LogP contribution in [-0.4, -0.2) is 30.4 Å². The molecular formula is C26H33N3O2S. The van der Waals surface area contributed by atoms with Gasteiger partial charge in [0.05, 0.1) is 24.0 Å². The van der Waals surface area contributed by atoms with Gasteiger partial charge < -0.3 is 15.2 Å². The molecule has 32 heavy (non-hydrogen) atoms. The zero-order valence-electron chi connectivity index (χ0n) is 19.4. The zero-order valence-corrected chi connectivity index (χ0v) is 20.2. The molecule has 0 spiro atoms. The molecule has 170 valence electrons. The lowest BCUT2D eigenvalue weighted by molar-refractivity contribution is 0.373. The molecule has 0 saturated heterocycles. The number of aromatic hydroxyl groups is 1. The van der Waals surface area contributed by atoms with Crippen LogP contribution in [0.1, 0.15) is 33.6 Å². The average molecular weight is 452 g/mol. The number of thiazole rings is 1. The molecule has 6 heteroatoms. The van der Waals surface area contributed by atoms with Crippen molar-refractivity contribution in [2.45, 2.75) is 33.6 Å². The number of hydrogen-bond donors (Lipinski definition) is 3. The monoisotopic (exact) mass is 451 g/mol. The molecule has 0 radical (unpaired) electrons. The molecule has 0 aliphatic rings. The number of phenols is 1. The van der Waals surface area contributed by atoms with Gasteiger partial charge in [0.25, 0.3) is 0 Å². The van der Waals surface area contributed by atoms with Gasteiger partial charge in [-0.1, -0.05) is 56.4 Å². The summed E-state index contributed by atoms with van der Waals surface area (Å²) in [7, 11) is 1.55. The molecule has 1 aromatic heterocycles. The highest BCUT2D eigenvalue weighted by atomic mass is 32.1. The number of terminal acetylenes is 1. The lowest BCUT2D eigenvalue weighted by Gasteiger charge is -2.19. The standard InChI is InChI=1S/C24H31N3O2S.C2H2/c1-16(14-24(2,3)4)10-11-25-15-26-23-27-19-8-6-18(13-22(19)30-23)17-7-9-20(28)21(12-17)29-5;1-2/h6-9,12-13,25,28H,1,10-11,14-15H2,2-5H3,(H,26,27);1-2H.